The fourth-order valence-electron chi connectivity index (χ4n) is 4.05. The molecule has 0 fully saturated rings. The predicted octanol–water partition coefficient (Wildman–Crippen LogP) is 3.67. The number of benzene rings is 3. The smallest absolute Gasteiger partial charge is 0.251 e. The van der Waals surface area contributed by atoms with E-state index in [1.807, 2.05) is 6.92 Å². The van der Waals surface area contributed by atoms with Crippen LogP contribution in [0.2, 0.25) is 0 Å². The Bertz CT molecular complexity index is 1570. The number of hydrogen-bond donors (Lipinski definition) is 4. The van der Waals surface area contributed by atoms with E-state index in [0.717, 1.165) is 5.39 Å². The SMILES string of the molecule is CCCC(NC(=O)c1ccc2ccnc(N)c2c1)C(=O)Nc1ccc(-c2ccccc2S(N)(=O)=O)cc1. The van der Waals surface area contributed by atoms with Gasteiger partial charge >= 0.3 is 0 Å². The molecule has 1 heterocycles. The molecule has 0 radical (unpaired) electrons. The molecular weight excluding hydrogens is 490 g/mol. The lowest BCUT2D eigenvalue weighted by molar-refractivity contribution is -0.118. The van der Waals surface area contributed by atoms with Crippen LogP contribution in [0.4, 0.5) is 11.5 Å². The van der Waals surface area contributed by atoms with E-state index in [-0.39, 0.29) is 10.8 Å². The van der Waals surface area contributed by atoms with Crippen molar-refractivity contribution in [3.8, 4) is 11.1 Å². The summed E-state index contributed by atoms with van der Waals surface area (Å²) in [5.74, 6) is -0.436. The number of nitrogen functional groups attached to an aromatic ring is 1. The summed E-state index contributed by atoms with van der Waals surface area (Å²) in [6, 6.07) is 19.3. The van der Waals surface area contributed by atoms with Gasteiger partial charge in [-0.15, -0.1) is 0 Å². The van der Waals surface area contributed by atoms with Gasteiger partial charge < -0.3 is 16.4 Å². The first-order chi connectivity index (χ1) is 17.7. The number of hydrogen-bond acceptors (Lipinski definition) is 6. The minimum atomic E-state index is -3.90. The molecule has 4 aromatic rings. The van der Waals surface area contributed by atoms with Gasteiger partial charge in [0, 0.05) is 28.4 Å². The molecule has 0 saturated carbocycles. The van der Waals surface area contributed by atoms with Gasteiger partial charge in [-0.2, -0.15) is 0 Å². The van der Waals surface area contributed by atoms with Gasteiger partial charge in [0.05, 0.1) is 4.90 Å². The number of nitrogens with two attached hydrogens (primary N) is 2. The molecule has 0 aliphatic carbocycles. The minimum absolute atomic E-state index is 0.0173. The average Bonchev–Trinajstić information content (AvgIpc) is 2.88. The van der Waals surface area contributed by atoms with Crippen LogP contribution in [0.1, 0.15) is 30.1 Å². The van der Waals surface area contributed by atoms with Gasteiger partial charge in [-0.1, -0.05) is 49.7 Å². The van der Waals surface area contributed by atoms with Gasteiger partial charge in [0.25, 0.3) is 5.91 Å². The third-order valence-corrected chi connectivity index (χ3v) is 6.88. The van der Waals surface area contributed by atoms with Gasteiger partial charge in [0.1, 0.15) is 11.9 Å². The molecular formula is C27H27N5O4S. The summed E-state index contributed by atoms with van der Waals surface area (Å²) in [7, 11) is -3.90. The van der Waals surface area contributed by atoms with Crippen molar-refractivity contribution in [2.75, 3.05) is 11.1 Å². The second-order valence-electron chi connectivity index (χ2n) is 8.55. The van der Waals surface area contributed by atoms with E-state index in [0.29, 0.717) is 46.4 Å². The fourth-order valence-corrected chi connectivity index (χ4v) is 4.81. The highest BCUT2D eigenvalue weighted by molar-refractivity contribution is 7.89. The highest BCUT2D eigenvalue weighted by Crippen LogP contribution is 2.27. The number of primary sulfonamides is 1. The Kier molecular flexibility index (Phi) is 7.51. The first-order valence-corrected chi connectivity index (χ1v) is 13.2. The molecule has 0 aliphatic heterocycles. The lowest BCUT2D eigenvalue weighted by Crippen LogP contribution is -2.43. The maximum absolute atomic E-state index is 13.0. The summed E-state index contributed by atoms with van der Waals surface area (Å²) in [4.78, 5) is 30.0. The molecule has 1 atom stereocenters. The number of anilines is 2. The van der Waals surface area contributed by atoms with Crippen molar-refractivity contribution in [2.24, 2.45) is 5.14 Å². The minimum Gasteiger partial charge on any atom is -0.383 e. The van der Waals surface area contributed by atoms with Crippen molar-refractivity contribution in [3.63, 3.8) is 0 Å². The number of carbonyl (C=O) groups is 2. The molecule has 190 valence electrons. The Morgan fingerprint density at radius 3 is 2.43 bits per heavy atom. The van der Waals surface area contributed by atoms with E-state index in [4.69, 9.17) is 10.9 Å². The number of fused-ring (bicyclic) bond motifs is 1. The highest BCUT2D eigenvalue weighted by Gasteiger charge is 2.21. The second kappa shape index (κ2) is 10.8. The Hall–Kier alpha value is -4.28. The topological polar surface area (TPSA) is 157 Å². The summed E-state index contributed by atoms with van der Waals surface area (Å²) in [5, 5.41) is 12.5. The molecule has 0 bridgehead atoms. The van der Waals surface area contributed by atoms with Gasteiger partial charge in [0.15, 0.2) is 0 Å². The van der Waals surface area contributed by atoms with Gasteiger partial charge in [-0.25, -0.2) is 18.5 Å². The van der Waals surface area contributed by atoms with E-state index in [1.165, 1.54) is 6.07 Å². The van der Waals surface area contributed by atoms with Crippen molar-refractivity contribution in [2.45, 2.75) is 30.7 Å². The monoisotopic (exact) mass is 517 g/mol. The van der Waals surface area contributed by atoms with Crippen LogP contribution in [0.5, 0.6) is 0 Å². The number of rotatable bonds is 8. The number of aromatic nitrogens is 1. The molecule has 1 aromatic heterocycles. The van der Waals surface area contributed by atoms with E-state index >= 15 is 0 Å². The Morgan fingerprint density at radius 1 is 1.00 bits per heavy atom. The van der Waals surface area contributed by atoms with Crippen LogP contribution < -0.4 is 21.5 Å². The molecule has 0 saturated heterocycles. The zero-order chi connectivity index (χ0) is 26.6. The standard InChI is InChI=1S/C27H27N5O4S/c1-2-5-23(32-26(33)19-9-8-18-14-15-30-25(28)22(18)16-19)27(34)31-20-12-10-17(11-13-20)21-6-3-4-7-24(21)37(29,35)36/h3-4,6-16,23H,2,5H2,1H3,(H2,28,30)(H,31,34)(H,32,33)(H2,29,35,36). The van der Waals surface area contributed by atoms with E-state index in [1.54, 1.807) is 72.9 Å². The summed E-state index contributed by atoms with van der Waals surface area (Å²) < 4.78 is 23.8. The van der Waals surface area contributed by atoms with Gasteiger partial charge in [-0.05, 0) is 53.8 Å². The predicted molar refractivity (Wildman–Crippen MR) is 144 cm³/mol. The highest BCUT2D eigenvalue weighted by atomic mass is 32.2. The van der Waals surface area contributed by atoms with E-state index in [9.17, 15) is 18.0 Å². The molecule has 1 unspecified atom stereocenters. The zero-order valence-corrected chi connectivity index (χ0v) is 21.0. The van der Waals surface area contributed by atoms with E-state index in [2.05, 4.69) is 15.6 Å². The molecule has 6 N–H and O–H groups in total. The Labute approximate surface area is 214 Å². The van der Waals surface area contributed by atoms with Crippen LogP contribution in [0, 0.1) is 0 Å². The molecule has 2 amide bonds. The van der Waals surface area contributed by atoms with Gasteiger partial charge in [-0.3, -0.25) is 9.59 Å². The van der Waals surface area contributed by atoms with Crippen molar-refractivity contribution in [1.82, 2.24) is 10.3 Å². The lowest BCUT2D eigenvalue weighted by atomic mass is 10.0. The molecule has 0 spiro atoms. The number of carbonyl (C=O) groups excluding carboxylic acids is 2. The second-order valence-corrected chi connectivity index (χ2v) is 10.1. The van der Waals surface area contributed by atoms with Crippen LogP contribution >= 0.6 is 0 Å². The van der Waals surface area contributed by atoms with Crippen LogP contribution in [-0.2, 0) is 14.8 Å². The normalized spacial score (nSPS) is 12.2. The van der Waals surface area contributed by atoms with E-state index < -0.39 is 22.0 Å². The maximum Gasteiger partial charge on any atom is 0.251 e. The molecule has 37 heavy (non-hydrogen) atoms. The summed E-state index contributed by atoms with van der Waals surface area (Å²) in [5.41, 5.74) is 7.91. The molecule has 4 rings (SSSR count). The van der Waals surface area contributed by atoms with Crippen molar-refractivity contribution < 1.29 is 18.0 Å². The lowest BCUT2D eigenvalue weighted by Gasteiger charge is -2.18. The molecule has 10 heteroatoms. The Balaban J connectivity index is 1.49. The van der Waals surface area contributed by atoms with Crippen LogP contribution in [0.15, 0.2) is 83.9 Å². The van der Waals surface area contributed by atoms with Crippen molar-refractivity contribution in [1.29, 1.82) is 0 Å². The average molecular weight is 518 g/mol. The number of sulfonamides is 1. The fraction of sp³-hybridized carbons (Fsp3) is 0.148. The Morgan fingerprint density at radius 2 is 1.73 bits per heavy atom. The third-order valence-electron chi connectivity index (χ3n) is 5.92. The summed E-state index contributed by atoms with van der Waals surface area (Å²) in [6.07, 6.45) is 2.72. The number of nitrogens with zero attached hydrogens (tertiary/aromatic N) is 1. The molecule has 0 aliphatic rings. The first kappa shape index (κ1) is 25.8. The molecule has 9 nitrogen and oxygen atoms in total. The van der Waals surface area contributed by atoms with Crippen LogP contribution in [-0.4, -0.2) is 31.3 Å². The summed E-state index contributed by atoms with van der Waals surface area (Å²) in [6.45, 7) is 1.92. The van der Waals surface area contributed by atoms with Crippen LogP contribution in [0.25, 0.3) is 21.9 Å². The van der Waals surface area contributed by atoms with Crippen molar-refractivity contribution in [3.05, 3.63) is 84.6 Å². The number of pyridine rings is 1. The molecule has 3 aromatic carbocycles. The first-order valence-electron chi connectivity index (χ1n) is 11.7. The van der Waals surface area contributed by atoms with Crippen molar-refractivity contribution >= 4 is 44.1 Å². The summed E-state index contributed by atoms with van der Waals surface area (Å²) >= 11 is 0. The quantitative estimate of drug-likeness (QED) is 0.279. The van der Waals surface area contributed by atoms with Crippen LogP contribution in [0.3, 0.4) is 0 Å². The van der Waals surface area contributed by atoms with Gasteiger partial charge in [0.2, 0.25) is 15.9 Å². The zero-order valence-electron chi connectivity index (χ0n) is 20.1. The third kappa shape index (κ3) is 5.93. The largest absolute Gasteiger partial charge is 0.383 e. The number of nitrogens with one attached hydrogen (secondary N) is 2. The number of amides is 2. The maximum atomic E-state index is 13.0.